The number of likely N-dealkylation sites (N-methyl/N-ethyl adjacent to an activating group) is 1. The fraction of sp³-hybridized carbons (Fsp3) is 0.409. The third kappa shape index (κ3) is 4.02. The Bertz CT molecular complexity index is 1020. The number of hydrogen-bond donors (Lipinski definition) is 1. The summed E-state index contributed by atoms with van der Waals surface area (Å²) in [6, 6.07) is 11.8. The number of aliphatic hydroxyl groups is 1. The molecule has 1 atom stereocenters. The number of fused-ring (bicyclic) bond motifs is 1. The zero-order chi connectivity index (χ0) is 20.4. The van der Waals surface area contributed by atoms with Gasteiger partial charge in [0.25, 0.3) is 5.91 Å². The Kier molecular flexibility index (Phi) is 5.60. The SMILES string of the molecule is CN(CCO)C(=O)c1cc(C2CCN(Cc3ccnn3C)C2)nc2ccccc12. The third-order valence-electron chi connectivity index (χ3n) is 5.75. The van der Waals surface area contributed by atoms with Crippen LogP contribution in [0.3, 0.4) is 0 Å². The summed E-state index contributed by atoms with van der Waals surface area (Å²) in [5.41, 5.74) is 3.66. The molecule has 0 bridgehead atoms. The topological polar surface area (TPSA) is 74.5 Å². The average molecular weight is 393 g/mol. The zero-order valence-corrected chi connectivity index (χ0v) is 17.0. The molecule has 1 amide bonds. The lowest BCUT2D eigenvalue weighted by molar-refractivity contribution is 0.0768. The molecule has 1 N–H and O–H groups in total. The van der Waals surface area contributed by atoms with Crippen molar-refractivity contribution in [2.24, 2.45) is 7.05 Å². The largest absolute Gasteiger partial charge is 0.395 e. The van der Waals surface area contributed by atoms with E-state index in [-0.39, 0.29) is 12.5 Å². The number of pyridine rings is 1. The van der Waals surface area contributed by atoms with Crippen molar-refractivity contribution < 1.29 is 9.90 Å². The monoisotopic (exact) mass is 393 g/mol. The number of amides is 1. The van der Waals surface area contributed by atoms with Crippen LogP contribution in [0.1, 0.15) is 34.1 Å². The third-order valence-corrected chi connectivity index (χ3v) is 5.75. The summed E-state index contributed by atoms with van der Waals surface area (Å²) in [5, 5.41) is 14.3. The summed E-state index contributed by atoms with van der Waals surface area (Å²) < 4.78 is 1.91. The maximum atomic E-state index is 13.0. The van der Waals surface area contributed by atoms with E-state index in [1.165, 1.54) is 5.69 Å². The lowest BCUT2D eigenvalue weighted by Crippen LogP contribution is -2.30. The Balaban J connectivity index is 1.61. The van der Waals surface area contributed by atoms with Gasteiger partial charge in [-0.1, -0.05) is 18.2 Å². The van der Waals surface area contributed by atoms with Crippen molar-refractivity contribution in [1.82, 2.24) is 24.6 Å². The van der Waals surface area contributed by atoms with Gasteiger partial charge in [0.1, 0.15) is 0 Å². The number of aryl methyl sites for hydroxylation is 1. The molecule has 0 saturated carbocycles. The van der Waals surface area contributed by atoms with Gasteiger partial charge in [0.05, 0.1) is 23.4 Å². The van der Waals surface area contributed by atoms with Gasteiger partial charge >= 0.3 is 0 Å². The van der Waals surface area contributed by atoms with E-state index >= 15 is 0 Å². The summed E-state index contributed by atoms with van der Waals surface area (Å²) in [5.74, 6) is 0.214. The van der Waals surface area contributed by atoms with Crippen LogP contribution in [0.25, 0.3) is 10.9 Å². The highest BCUT2D eigenvalue weighted by Gasteiger charge is 2.27. The first kappa shape index (κ1) is 19.5. The van der Waals surface area contributed by atoms with Crippen LogP contribution in [-0.4, -0.2) is 68.9 Å². The Morgan fingerprint density at radius 2 is 2.14 bits per heavy atom. The number of likely N-dealkylation sites (tertiary alicyclic amines) is 1. The number of carbonyl (C=O) groups excluding carboxylic acids is 1. The molecule has 0 radical (unpaired) electrons. The zero-order valence-electron chi connectivity index (χ0n) is 17.0. The van der Waals surface area contributed by atoms with Gasteiger partial charge in [0.15, 0.2) is 0 Å². The molecule has 3 aromatic rings. The number of rotatable bonds is 6. The molecule has 1 fully saturated rings. The summed E-state index contributed by atoms with van der Waals surface area (Å²) >= 11 is 0. The van der Waals surface area contributed by atoms with Crippen molar-refractivity contribution in [1.29, 1.82) is 0 Å². The highest BCUT2D eigenvalue weighted by atomic mass is 16.3. The van der Waals surface area contributed by atoms with Gasteiger partial charge in [0.2, 0.25) is 0 Å². The summed E-state index contributed by atoms with van der Waals surface area (Å²) in [6.07, 6.45) is 2.85. The van der Waals surface area contributed by atoms with Crippen LogP contribution in [-0.2, 0) is 13.6 Å². The van der Waals surface area contributed by atoms with Crippen LogP contribution in [0.15, 0.2) is 42.6 Å². The van der Waals surface area contributed by atoms with Crippen LogP contribution in [0.2, 0.25) is 0 Å². The van der Waals surface area contributed by atoms with Gasteiger partial charge in [0, 0.05) is 56.9 Å². The Morgan fingerprint density at radius 3 is 2.90 bits per heavy atom. The van der Waals surface area contributed by atoms with Gasteiger partial charge in [-0.25, -0.2) is 0 Å². The maximum absolute atomic E-state index is 13.0. The van der Waals surface area contributed by atoms with E-state index in [0.717, 1.165) is 42.7 Å². The fourth-order valence-corrected chi connectivity index (χ4v) is 4.04. The quantitative estimate of drug-likeness (QED) is 0.694. The van der Waals surface area contributed by atoms with Crippen LogP contribution in [0.5, 0.6) is 0 Å². The average Bonchev–Trinajstić information content (AvgIpc) is 3.36. The van der Waals surface area contributed by atoms with E-state index in [1.54, 1.807) is 11.9 Å². The molecular weight excluding hydrogens is 366 g/mol. The molecule has 7 heteroatoms. The Labute approximate surface area is 170 Å². The van der Waals surface area contributed by atoms with Gasteiger partial charge in [-0.15, -0.1) is 0 Å². The molecule has 1 aliphatic heterocycles. The molecule has 7 nitrogen and oxygen atoms in total. The highest BCUT2D eigenvalue weighted by molar-refractivity contribution is 6.06. The van der Waals surface area contributed by atoms with Gasteiger partial charge in [-0.3, -0.25) is 19.4 Å². The summed E-state index contributed by atoms with van der Waals surface area (Å²) in [4.78, 5) is 21.9. The number of aliphatic hydroxyl groups excluding tert-OH is 1. The predicted octanol–water partition coefficient (Wildman–Crippen LogP) is 2.02. The number of carbonyl (C=O) groups is 1. The minimum atomic E-state index is -0.0800. The number of hydrogen-bond acceptors (Lipinski definition) is 5. The number of nitrogens with zero attached hydrogens (tertiary/aromatic N) is 5. The van der Waals surface area contributed by atoms with Crippen LogP contribution >= 0.6 is 0 Å². The van der Waals surface area contributed by atoms with Gasteiger partial charge in [-0.05, 0) is 31.2 Å². The molecule has 29 heavy (non-hydrogen) atoms. The van der Waals surface area contributed by atoms with E-state index in [1.807, 2.05) is 48.3 Å². The number of para-hydroxylation sites is 1. The number of benzene rings is 1. The predicted molar refractivity (Wildman–Crippen MR) is 112 cm³/mol. The van der Waals surface area contributed by atoms with E-state index in [4.69, 9.17) is 4.98 Å². The molecular formula is C22H27N5O2. The molecule has 1 unspecified atom stereocenters. The first-order chi connectivity index (χ1) is 14.1. The summed E-state index contributed by atoms with van der Waals surface area (Å²) in [7, 11) is 3.69. The molecule has 1 saturated heterocycles. The van der Waals surface area contributed by atoms with Crippen molar-refractivity contribution in [2.75, 3.05) is 33.3 Å². The van der Waals surface area contributed by atoms with E-state index < -0.39 is 0 Å². The molecule has 1 aromatic carbocycles. The van der Waals surface area contributed by atoms with E-state index in [2.05, 4.69) is 16.1 Å². The van der Waals surface area contributed by atoms with Crippen molar-refractivity contribution >= 4 is 16.8 Å². The maximum Gasteiger partial charge on any atom is 0.254 e. The molecule has 3 heterocycles. The smallest absolute Gasteiger partial charge is 0.254 e. The second kappa shape index (κ2) is 8.31. The first-order valence-electron chi connectivity index (χ1n) is 10.0. The Morgan fingerprint density at radius 1 is 1.31 bits per heavy atom. The molecule has 1 aliphatic rings. The van der Waals surface area contributed by atoms with E-state index in [9.17, 15) is 9.90 Å². The van der Waals surface area contributed by atoms with Crippen molar-refractivity contribution in [3.63, 3.8) is 0 Å². The molecule has 0 aliphatic carbocycles. The van der Waals surface area contributed by atoms with Crippen molar-refractivity contribution in [3.05, 3.63) is 59.5 Å². The molecule has 152 valence electrons. The molecule has 4 rings (SSSR count). The molecule has 2 aromatic heterocycles. The van der Waals surface area contributed by atoms with Crippen LogP contribution in [0, 0.1) is 0 Å². The summed E-state index contributed by atoms with van der Waals surface area (Å²) in [6.45, 7) is 3.04. The fourth-order valence-electron chi connectivity index (χ4n) is 4.04. The highest BCUT2D eigenvalue weighted by Crippen LogP contribution is 2.30. The van der Waals surface area contributed by atoms with Crippen LogP contribution < -0.4 is 0 Å². The number of aromatic nitrogens is 3. The second-order valence-corrected chi connectivity index (χ2v) is 7.73. The second-order valence-electron chi connectivity index (χ2n) is 7.73. The van der Waals surface area contributed by atoms with Gasteiger partial charge < -0.3 is 10.0 Å². The lowest BCUT2D eigenvalue weighted by atomic mass is 9.99. The van der Waals surface area contributed by atoms with E-state index in [0.29, 0.717) is 18.0 Å². The minimum absolute atomic E-state index is 0.0519. The van der Waals surface area contributed by atoms with Gasteiger partial charge in [-0.2, -0.15) is 5.10 Å². The van der Waals surface area contributed by atoms with Crippen LogP contribution in [0.4, 0.5) is 0 Å². The first-order valence-corrected chi connectivity index (χ1v) is 10.0. The molecule has 0 spiro atoms. The van der Waals surface area contributed by atoms with Crippen molar-refractivity contribution in [3.8, 4) is 0 Å². The lowest BCUT2D eigenvalue weighted by Gasteiger charge is -2.19. The standard InChI is InChI=1S/C22H27N5O2/c1-25(11-12-28)22(29)19-13-21(24-20-6-4-3-5-18(19)20)16-8-10-27(14-16)15-17-7-9-23-26(17)2/h3-7,9,13,16,28H,8,10-12,14-15H2,1-2H3. The minimum Gasteiger partial charge on any atom is -0.395 e. The normalized spacial score (nSPS) is 17.1. The van der Waals surface area contributed by atoms with Crippen molar-refractivity contribution in [2.45, 2.75) is 18.9 Å². The Hall–Kier alpha value is -2.77.